The molecule has 0 radical (unpaired) electrons. The van der Waals surface area contributed by atoms with Crippen LogP contribution in [0.4, 0.5) is 8.78 Å². The van der Waals surface area contributed by atoms with Crippen LogP contribution in [0.5, 0.6) is 0 Å². The molecule has 1 aromatic carbocycles. The Bertz CT molecular complexity index is 273. The number of nitrogens with one attached hydrogen (secondary N) is 1. The molecular formula is C9H11F2N. The second-order valence-corrected chi connectivity index (χ2v) is 2.68. The van der Waals surface area contributed by atoms with Crippen LogP contribution in [0, 0.1) is 11.6 Å². The SMILES string of the molecule is CN[C@@H](C)c1ccc(F)cc1F. The molecule has 0 saturated heterocycles. The zero-order valence-electron chi connectivity index (χ0n) is 7.07. The summed E-state index contributed by atoms with van der Waals surface area (Å²) in [5.74, 6) is -1.04. The summed E-state index contributed by atoms with van der Waals surface area (Å²) in [7, 11) is 1.73. The number of halogens is 2. The van der Waals surface area contributed by atoms with Crippen molar-refractivity contribution in [3.63, 3.8) is 0 Å². The van der Waals surface area contributed by atoms with Gasteiger partial charge in [0.05, 0.1) is 0 Å². The minimum absolute atomic E-state index is 0.0920. The number of rotatable bonds is 2. The second kappa shape index (κ2) is 3.63. The summed E-state index contributed by atoms with van der Waals surface area (Å²) < 4.78 is 25.5. The first-order valence-corrected chi connectivity index (χ1v) is 3.77. The quantitative estimate of drug-likeness (QED) is 0.719. The van der Waals surface area contributed by atoms with Crippen molar-refractivity contribution in [3.05, 3.63) is 35.4 Å². The van der Waals surface area contributed by atoms with Gasteiger partial charge in [-0.15, -0.1) is 0 Å². The van der Waals surface area contributed by atoms with Crippen LogP contribution in [-0.4, -0.2) is 7.05 Å². The van der Waals surface area contributed by atoms with Crippen LogP contribution in [0.3, 0.4) is 0 Å². The smallest absolute Gasteiger partial charge is 0.130 e. The topological polar surface area (TPSA) is 12.0 Å². The Hall–Kier alpha value is -0.960. The highest BCUT2D eigenvalue weighted by Crippen LogP contribution is 2.16. The van der Waals surface area contributed by atoms with E-state index >= 15 is 0 Å². The van der Waals surface area contributed by atoms with Crippen LogP contribution < -0.4 is 5.32 Å². The molecule has 0 saturated carbocycles. The van der Waals surface area contributed by atoms with Gasteiger partial charge in [0.1, 0.15) is 11.6 Å². The monoisotopic (exact) mass is 171 g/mol. The molecule has 66 valence electrons. The minimum Gasteiger partial charge on any atom is -0.313 e. The van der Waals surface area contributed by atoms with Gasteiger partial charge in [0.2, 0.25) is 0 Å². The third-order valence-corrected chi connectivity index (χ3v) is 1.86. The zero-order valence-corrected chi connectivity index (χ0v) is 7.07. The summed E-state index contributed by atoms with van der Waals surface area (Å²) in [4.78, 5) is 0. The van der Waals surface area contributed by atoms with E-state index in [9.17, 15) is 8.78 Å². The van der Waals surface area contributed by atoms with E-state index in [0.29, 0.717) is 5.56 Å². The standard InChI is InChI=1S/C9H11F2N/c1-6(12-2)8-4-3-7(10)5-9(8)11/h3-6,12H,1-2H3/t6-/m0/s1. The Morgan fingerprint density at radius 3 is 2.50 bits per heavy atom. The van der Waals surface area contributed by atoms with Crippen LogP contribution >= 0.6 is 0 Å². The van der Waals surface area contributed by atoms with E-state index in [-0.39, 0.29) is 6.04 Å². The van der Waals surface area contributed by atoms with Gasteiger partial charge < -0.3 is 5.32 Å². The average molecular weight is 171 g/mol. The predicted octanol–water partition coefficient (Wildman–Crippen LogP) is 2.25. The summed E-state index contributed by atoms with van der Waals surface area (Å²) in [5, 5.41) is 2.88. The van der Waals surface area contributed by atoms with Crippen molar-refractivity contribution in [2.45, 2.75) is 13.0 Å². The van der Waals surface area contributed by atoms with Gasteiger partial charge in [-0.25, -0.2) is 8.78 Å². The maximum atomic E-state index is 13.0. The van der Waals surface area contributed by atoms with Gasteiger partial charge in [0.15, 0.2) is 0 Å². The molecule has 1 rings (SSSR count). The molecular weight excluding hydrogens is 160 g/mol. The Kier molecular flexibility index (Phi) is 2.76. The van der Waals surface area contributed by atoms with Crippen molar-refractivity contribution in [1.82, 2.24) is 5.32 Å². The van der Waals surface area contributed by atoms with E-state index < -0.39 is 11.6 Å². The van der Waals surface area contributed by atoms with E-state index in [2.05, 4.69) is 5.32 Å². The van der Waals surface area contributed by atoms with Crippen LogP contribution in [0.25, 0.3) is 0 Å². The summed E-state index contributed by atoms with van der Waals surface area (Å²) in [6.45, 7) is 1.82. The summed E-state index contributed by atoms with van der Waals surface area (Å²) >= 11 is 0. The van der Waals surface area contributed by atoms with Crippen molar-refractivity contribution in [3.8, 4) is 0 Å². The average Bonchev–Trinajstić information content (AvgIpc) is 2.03. The lowest BCUT2D eigenvalue weighted by Gasteiger charge is -2.10. The van der Waals surface area contributed by atoms with Gasteiger partial charge >= 0.3 is 0 Å². The lowest BCUT2D eigenvalue weighted by molar-refractivity contribution is 0.542. The van der Waals surface area contributed by atoms with Crippen LogP contribution in [0.1, 0.15) is 18.5 Å². The first-order chi connectivity index (χ1) is 5.65. The summed E-state index contributed by atoms with van der Waals surface area (Å²) in [5.41, 5.74) is 0.485. The fourth-order valence-corrected chi connectivity index (χ4v) is 1.01. The largest absolute Gasteiger partial charge is 0.313 e. The van der Waals surface area contributed by atoms with Crippen molar-refractivity contribution in [2.75, 3.05) is 7.05 Å². The Morgan fingerprint density at radius 1 is 1.33 bits per heavy atom. The van der Waals surface area contributed by atoms with Gasteiger partial charge in [-0.3, -0.25) is 0 Å². The Morgan fingerprint density at radius 2 is 2.00 bits per heavy atom. The van der Waals surface area contributed by atoms with Gasteiger partial charge in [-0.1, -0.05) is 6.07 Å². The molecule has 1 nitrogen and oxygen atoms in total. The number of hydrogen-bond donors (Lipinski definition) is 1. The van der Waals surface area contributed by atoms with Crippen molar-refractivity contribution in [1.29, 1.82) is 0 Å². The van der Waals surface area contributed by atoms with Crippen molar-refractivity contribution in [2.24, 2.45) is 0 Å². The molecule has 12 heavy (non-hydrogen) atoms. The third kappa shape index (κ3) is 1.80. The van der Waals surface area contributed by atoms with Crippen molar-refractivity contribution >= 4 is 0 Å². The fraction of sp³-hybridized carbons (Fsp3) is 0.333. The Labute approximate surface area is 70.4 Å². The zero-order chi connectivity index (χ0) is 9.14. The van der Waals surface area contributed by atoms with Gasteiger partial charge in [-0.05, 0) is 20.0 Å². The normalized spacial score (nSPS) is 13.0. The highest BCUT2D eigenvalue weighted by molar-refractivity contribution is 5.21. The minimum atomic E-state index is -0.542. The molecule has 0 spiro atoms. The lowest BCUT2D eigenvalue weighted by atomic mass is 10.1. The van der Waals surface area contributed by atoms with E-state index in [1.807, 2.05) is 6.92 Å². The molecule has 0 heterocycles. The number of benzene rings is 1. The van der Waals surface area contributed by atoms with E-state index in [4.69, 9.17) is 0 Å². The van der Waals surface area contributed by atoms with Gasteiger partial charge in [0, 0.05) is 17.7 Å². The molecule has 3 heteroatoms. The summed E-state index contributed by atoms with van der Waals surface area (Å²) in [6.07, 6.45) is 0. The molecule has 0 aliphatic rings. The molecule has 0 fully saturated rings. The van der Waals surface area contributed by atoms with Crippen LogP contribution in [0.2, 0.25) is 0 Å². The third-order valence-electron chi connectivity index (χ3n) is 1.86. The predicted molar refractivity (Wildman–Crippen MR) is 43.8 cm³/mol. The highest BCUT2D eigenvalue weighted by Gasteiger charge is 2.08. The van der Waals surface area contributed by atoms with Crippen molar-refractivity contribution < 1.29 is 8.78 Å². The lowest BCUT2D eigenvalue weighted by Crippen LogP contribution is -2.13. The second-order valence-electron chi connectivity index (χ2n) is 2.68. The molecule has 0 aliphatic heterocycles. The number of hydrogen-bond acceptors (Lipinski definition) is 1. The Balaban J connectivity index is 3.01. The first kappa shape index (κ1) is 9.13. The maximum absolute atomic E-state index is 13.0. The molecule has 1 aromatic rings. The molecule has 0 aliphatic carbocycles. The maximum Gasteiger partial charge on any atom is 0.130 e. The first-order valence-electron chi connectivity index (χ1n) is 3.77. The van der Waals surface area contributed by atoms with Gasteiger partial charge in [-0.2, -0.15) is 0 Å². The molecule has 0 amide bonds. The van der Waals surface area contributed by atoms with E-state index in [1.165, 1.54) is 12.1 Å². The molecule has 0 aromatic heterocycles. The van der Waals surface area contributed by atoms with E-state index in [1.54, 1.807) is 7.05 Å². The summed E-state index contributed by atoms with van der Waals surface area (Å²) in [6, 6.07) is 3.51. The van der Waals surface area contributed by atoms with Crippen LogP contribution in [-0.2, 0) is 0 Å². The molecule has 1 atom stereocenters. The molecule has 0 unspecified atom stereocenters. The highest BCUT2D eigenvalue weighted by atomic mass is 19.1. The molecule has 1 N–H and O–H groups in total. The van der Waals surface area contributed by atoms with E-state index in [0.717, 1.165) is 6.07 Å². The van der Waals surface area contributed by atoms with Gasteiger partial charge in [0.25, 0.3) is 0 Å². The molecule has 0 bridgehead atoms. The fourth-order valence-electron chi connectivity index (χ4n) is 1.01. The van der Waals surface area contributed by atoms with Crippen LogP contribution in [0.15, 0.2) is 18.2 Å².